The van der Waals surface area contributed by atoms with Crippen LogP contribution in [0.2, 0.25) is 0 Å². The summed E-state index contributed by atoms with van der Waals surface area (Å²) in [6.07, 6.45) is 2.72. The molecule has 0 saturated heterocycles. The normalized spacial score (nSPS) is 11.9. The first-order valence-corrected chi connectivity index (χ1v) is 7.54. The number of anilines is 1. The molecule has 0 aliphatic rings. The number of nitrogens with zero attached hydrogens (tertiary/aromatic N) is 1. The minimum Gasteiger partial charge on any atom is -0.380 e. The summed E-state index contributed by atoms with van der Waals surface area (Å²) in [5, 5.41) is 4.51. The van der Waals surface area contributed by atoms with E-state index in [0.717, 1.165) is 23.0 Å². The van der Waals surface area contributed by atoms with Crippen molar-refractivity contribution in [1.82, 2.24) is 4.98 Å². The number of rotatable bonds is 5. The van der Waals surface area contributed by atoms with Crippen LogP contribution in [0.5, 0.6) is 0 Å². The summed E-state index contributed by atoms with van der Waals surface area (Å²) in [5.74, 6) is 0.134. The minimum absolute atomic E-state index is 0.00413. The van der Waals surface area contributed by atoms with Gasteiger partial charge in [-0.15, -0.1) is 0 Å². The van der Waals surface area contributed by atoms with E-state index in [2.05, 4.69) is 31.1 Å². The van der Waals surface area contributed by atoms with Crippen molar-refractivity contribution in [2.45, 2.75) is 46.6 Å². The highest BCUT2D eigenvalue weighted by molar-refractivity contribution is 6.00. The summed E-state index contributed by atoms with van der Waals surface area (Å²) in [7, 11) is 0. The number of fused-ring (bicyclic) bond motifs is 1. The van der Waals surface area contributed by atoms with Crippen LogP contribution in [0.15, 0.2) is 30.5 Å². The van der Waals surface area contributed by atoms with Gasteiger partial charge in [0.15, 0.2) is 5.78 Å². The van der Waals surface area contributed by atoms with Crippen LogP contribution in [-0.4, -0.2) is 16.3 Å². The van der Waals surface area contributed by atoms with Gasteiger partial charge in [-0.3, -0.25) is 9.78 Å². The van der Waals surface area contributed by atoms with Crippen molar-refractivity contribution in [1.29, 1.82) is 0 Å². The number of carbonyl (C=O) groups excluding carboxylic acids is 1. The Labute approximate surface area is 126 Å². The lowest BCUT2D eigenvalue weighted by Gasteiger charge is -2.26. The van der Waals surface area contributed by atoms with Crippen molar-refractivity contribution >= 4 is 22.4 Å². The summed E-state index contributed by atoms with van der Waals surface area (Å²) in [4.78, 5) is 16.5. The number of hydrogen-bond acceptors (Lipinski definition) is 3. The van der Waals surface area contributed by atoms with Gasteiger partial charge < -0.3 is 5.32 Å². The first kappa shape index (κ1) is 15.5. The van der Waals surface area contributed by atoms with Crippen LogP contribution < -0.4 is 5.32 Å². The molecule has 1 aromatic carbocycles. The molecule has 1 aromatic heterocycles. The van der Waals surface area contributed by atoms with E-state index in [1.165, 1.54) is 0 Å². The van der Waals surface area contributed by atoms with E-state index in [1.54, 1.807) is 6.20 Å². The third-order valence-corrected chi connectivity index (χ3v) is 3.86. The molecule has 0 radical (unpaired) electrons. The van der Waals surface area contributed by atoms with Crippen LogP contribution >= 0.6 is 0 Å². The molecule has 0 bridgehead atoms. The molecule has 0 unspecified atom stereocenters. The maximum atomic E-state index is 12.0. The highest BCUT2D eigenvalue weighted by Crippen LogP contribution is 2.23. The zero-order valence-electron chi connectivity index (χ0n) is 13.5. The second-order valence-corrected chi connectivity index (χ2v) is 6.51. The SMILES string of the molecule is CCC(C)(C)Nc1ccc2cc(C(=O)C(C)C)cnc2c1. The largest absolute Gasteiger partial charge is 0.380 e. The van der Waals surface area contributed by atoms with Crippen molar-refractivity contribution in [3.05, 3.63) is 36.0 Å². The summed E-state index contributed by atoms with van der Waals surface area (Å²) in [6, 6.07) is 8.04. The first-order valence-electron chi connectivity index (χ1n) is 7.54. The fourth-order valence-corrected chi connectivity index (χ4v) is 2.15. The summed E-state index contributed by atoms with van der Waals surface area (Å²) in [6.45, 7) is 10.3. The van der Waals surface area contributed by atoms with E-state index < -0.39 is 0 Å². The van der Waals surface area contributed by atoms with E-state index in [9.17, 15) is 4.79 Å². The van der Waals surface area contributed by atoms with Crippen molar-refractivity contribution < 1.29 is 4.79 Å². The Kier molecular flexibility index (Phi) is 4.31. The van der Waals surface area contributed by atoms with Gasteiger partial charge in [0, 0.05) is 34.3 Å². The Morgan fingerprint density at radius 2 is 2.00 bits per heavy atom. The quantitative estimate of drug-likeness (QED) is 0.811. The highest BCUT2D eigenvalue weighted by Gasteiger charge is 2.15. The van der Waals surface area contributed by atoms with Crippen molar-refractivity contribution in [2.24, 2.45) is 5.92 Å². The fourth-order valence-electron chi connectivity index (χ4n) is 2.15. The summed E-state index contributed by atoms with van der Waals surface area (Å²) < 4.78 is 0. The number of hydrogen-bond donors (Lipinski definition) is 1. The number of aromatic nitrogens is 1. The van der Waals surface area contributed by atoms with Crippen LogP contribution in [0.3, 0.4) is 0 Å². The van der Waals surface area contributed by atoms with Crippen molar-refractivity contribution in [3.63, 3.8) is 0 Å². The van der Waals surface area contributed by atoms with Gasteiger partial charge >= 0.3 is 0 Å². The Bertz CT molecular complexity index is 659. The zero-order chi connectivity index (χ0) is 15.6. The van der Waals surface area contributed by atoms with Crippen molar-refractivity contribution in [3.8, 4) is 0 Å². The number of Topliss-reactive ketones (excluding diaryl/α,β-unsaturated/α-hetero) is 1. The second kappa shape index (κ2) is 5.84. The molecule has 21 heavy (non-hydrogen) atoms. The molecule has 2 rings (SSSR count). The molecule has 0 aliphatic carbocycles. The molecule has 112 valence electrons. The summed E-state index contributed by atoms with van der Waals surface area (Å²) >= 11 is 0. The van der Waals surface area contributed by atoms with Gasteiger partial charge in [0.2, 0.25) is 0 Å². The molecule has 1 N–H and O–H groups in total. The molecule has 0 amide bonds. The molecular formula is C18H24N2O. The molecule has 0 fully saturated rings. The number of nitrogens with one attached hydrogen (secondary N) is 1. The third-order valence-electron chi connectivity index (χ3n) is 3.86. The van der Waals surface area contributed by atoms with Crippen LogP contribution in [-0.2, 0) is 0 Å². The Morgan fingerprint density at radius 3 is 2.62 bits per heavy atom. The number of ketones is 1. The molecular weight excluding hydrogens is 260 g/mol. The monoisotopic (exact) mass is 284 g/mol. The molecule has 2 aromatic rings. The smallest absolute Gasteiger partial charge is 0.166 e. The van der Waals surface area contributed by atoms with Gasteiger partial charge in [0.05, 0.1) is 5.52 Å². The Hall–Kier alpha value is -1.90. The van der Waals surface area contributed by atoms with Crippen LogP contribution in [0.25, 0.3) is 10.9 Å². The zero-order valence-corrected chi connectivity index (χ0v) is 13.5. The minimum atomic E-state index is -0.00413. The Morgan fingerprint density at radius 1 is 1.29 bits per heavy atom. The molecule has 0 atom stereocenters. The van der Waals surface area contributed by atoms with Gasteiger partial charge in [-0.2, -0.15) is 0 Å². The lowest BCUT2D eigenvalue weighted by molar-refractivity contribution is 0.0939. The van der Waals surface area contributed by atoms with E-state index in [0.29, 0.717) is 5.56 Å². The van der Waals surface area contributed by atoms with Gasteiger partial charge in [-0.05, 0) is 38.5 Å². The Balaban J connectivity index is 2.34. The van der Waals surface area contributed by atoms with E-state index >= 15 is 0 Å². The van der Waals surface area contributed by atoms with Gasteiger partial charge in [0.25, 0.3) is 0 Å². The molecule has 3 nitrogen and oxygen atoms in total. The second-order valence-electron chi connectivity index (χ2n) is 6.51. The predicted octanol–water partition coefficient (Wildman–Crippen LogP) is 4.67. The standard InChI is InChI=1S/C18H24N2O/c1-6-18(4,5)20-15-8-7-13-9-14(17(21)12(2)3)11-19-16(13)10-15/h7-12,20H,6H2,1-5H3. The van der Waals surface area contributed by atoms with Gasteiger partial charge in [0.1, 0.15) is 0 Å². The lowest BCUT2D eigenvalue weighted by atomic mass is 10.00. The van der Waals surface area contributed by atoms with Gasteiger partial charge in [-0.25, -0.2) is 0 Å². The van der Waals surface area contributed by atoms with Crippen molar-refractivity contribution in [2.75, 3.05) is 5.32 Å². The van der Waals surface area contributed by atoms with Crippen LogP contribution in [0.4, 0.5) is 5.69 Å². The predicted molar refractivity (Wildman–Crippen MR) is 88.9 cm³/mol. The van der Waals surface area contributed by atoms with E-state index in [-0.39, 0.29) is 17.2 Å². The molecule has 1 heterocycles. The lowest BCUT2D eigenvalue weighted by Crippen LogP contribution is -2.29. The van der Waals surface area contributed by atoms with Crippen LogP contribution in [0.1, 0.15) is 51.4 Å². The first-order chi connectivity index (χ1) is 9.82. The van der Waals surface area contributed by atoms with E-state index in [1.807, 2.05) is 38.1 Å². The molecule has 0 saturated carbocycles. The topological polar surface area (TPSA) is 42.0 Å². The molecule has 3 heteroatoms. The maximum absolute atomic E-state index is 12.0. The summed E-state index contributed by atoms with van der Waals surface area (Å²) in [5.41, 5.74) is 2.71. The third kappa shape index (κ3) is 3.60. The highest BCUT2D eigenvalue weighted by atomic mass is 16.1. The average Bonchev–Trinajstić information content (AvgIpc) is 2.45. The number of benzene rings is 1. The number of pyridine rings is 1. The molecule has 0 aliphatic heterocycles. The van der Waals surface area contributed by atoms with E-state index in [4.69, 9.17) is 0 Å². The van der Waals surface area contributed by atoms with Crippen LogP contribution in [0, 0.1) is 5.92 Å². The fraction of sp³-hybridized carbons (Fsp3) is 0.444. The molecule has 0 spiro atoms. The van der Waals surface area contributed by atoms with Gasteiger partial charge in [-0.1, -0.05) is 26.8 Å². The average molecular weight is 284 g/mol. The number of carbonyl (C=O) groups is 1. The maximum Gasteiger partial charge on any atom is 0.166 e.